The van der Waals surface area contributed by atoms with Gasteiger partial charge in [-0.1, -0.05) is 17.7 Å². The highest BCUT2D eigenvalue weighted by atomic mass is 35.5. The molecule has 3 aromatic rings. The molecule has 4 nitrogen and oxygen atoms in total. The third-order valence-corrected chi connectivity index (χ3v) is 4.00. The standard InChI is InChI=1S/C15H12ClN3OS/c1-9-17-13-6-5-12(8-14(13)21-9)19-15(20)18-11-4-2-3-10(16)7-11/h2-8H,1H3,(H2,18,19,20). The van der Waals surface area contributed by atoms with Crippen molar-refractivity contribution in [3.63, 3.8) is 0 Å². The third-order valence-electron chi connectivity index (χ3n) is 2.84. The normalized spacial score (nSPS) is 10.6. The summed E-state index contributed by atoms with van der Waals surface area (Å²) >= 11 is 7.48. The van der Waals surface area contributed by atoms with Crippen molar-refractivity contribution in [1.82, 2.24) is 4.98 Å². The number of fused-ring (bicyclic) bond motifs is 1. The van der Waals surface area contributed by atoms with Gasteiger partial charge in [0.25, 0.3) is 0 Å². The van der Waals surface area contributed by atoms with Crippen molar-refractivity contribution in [3.8, 4) is 0 Å². The van der Waals surface area contributed by atoms with Crippen LogP contribution >= 0.6 is 22.9 Å². The Labute approximate surface area is 130 Å². The highest BCUT2D eigenvalue weighted by Gasteiger charge is 2.06. The fourth-order valence-electron chi connectivity index (χ4n) is 1.98. The maximum absolute atomic E-state index is 12.0. The van der Waals surface area contributed by atoms with Crippen LogP contribution in [0.4, 0.5) is 16.2 Å². The van der Waals surface area contributed by atoms with Crippen LogP contribution in [0.2, 0.25) is 5.02 Å². The molecule has 106 valence electrons. The minimum Gasteiger partial charge on any atom is -0.308 e. The summed E-state index contributed by atoms with van der Waals surface area (Å²) in [5, 5.41) is 7.12. The summed E-state index contributed by atoms with van der Waals surface area (Å²) in [6.45, 7) is 1.96. The second-order valence-corrected chi connectivity index (χ2v) is 6.18. The molecule has 6 heteroatoms. The van der Waals surface area contributed by atoms with Gasteiger partial charge in [0.1, 0.15) is 0 Å². The zero-order valence-electron chi connectivity index (χ0n) is 11.2. The highest BCUT2D eigenvalue weighted by Crippen LogP contribution is 2.25. The first-order chi connectivity index (χ1) is 10.1. The quantitative estimate of drug-likeness (QED) is 0.706. The molecule has 1 aromatic heterocycles. The first-order valence-corrected chi connectivity index (χ1v) is 7.50. The summed E-state index contributed by atoms with van der Waals surface area (Å²) in [6.07, 6.45) is 0. The van der Waals surface area contributed by atoms with Gasteiger partial charge in [-0.05, 0) is 43.3 Å². The van der Waals surface area contributed by atoms with E-state index in [0.29, 0.717) is 10.7 Å². The summed E-state index contributed by atoms with van der Waals surface area (Å²) in [7, 11) is 0. The largest absolute Gasteiger partial charge is 0.323 e. The van der Waals surface area contributed by atoms with E-state index in [-0.39, 0.29) is 6.03 Å². The van der Waals surface area contributed by atoms with Gasteiger partial charge in [-0.15, -0.1) is 11.3 Å². The summed E-state index contributed by atoms with van der Waals surface area (Å²) in [5.74, 6) is 0. The molecule has 0 saturated carbocycles. The molecule has 0 atom stereocenters. The van der Waals surface area contributed by atoms with Crippen molar-refractivity contribution >= 4 is 50.6 Å². The van der Waals surface area contributed by atoms with E-state index in [1.165, 1.54) is 0 Å². The summed E-state index contributed by atoms with van der Waals surface area (Å²) in [5.41, 5.74) is 2.32. The summed E-state index contributed by atoms with van der Waals surface area (Å²) in [6, 6.07) is 12.3. The van der Waals surface area contributed by atoms with E-state index in [9.17, 15) is 4.79 Å². The first kappa shape index (κ1) is 13.9. The van der Waals surface area contributed by atoms with Crippen LogP contribution in [0, 0.1) is 6.92 Å². The number of anilines is 2. The van der Waals surface area contributed by atoms with Gasteiger partial charge in [0.2, 0.25) is 0 Å². The molecule has 0 aliphatic carbocycles. The number of aromatic nitrogens is 1. The minimum absolute atomic E-state index is 0.308. The molecule has 0 bridgehead atoms. The van der Waals surface area contributed by atoms with Crippen LogP contribution < -0.4 is 10.6 Å². The predicted molar refractivity (Wildman–Crippen MR) is 88.5 cm³/mol. The molecule has 0 fully saturated rings. The number of hydrogen-bond donors (Lipinski definition) is 2. The van der Waals surface area contributed by atoms with E-state index >= 15 is 0 Å². The molecule has 3 rings (SSSR count). The lowest BCUT2D eigenvalue weighted by atomic mass is 10.3. The number of carbonyl (C=O) groups excluding carboxylic acids is 1. The zero-order valence-corrected chi connectivity index (χ0v) is 12.8. The van der Waals surface area contributed by atoms with Crippen molar-refractivity contribution < 1.29 is 4.79 Å². The number of aryl methyl sites for hydroxylation is 1. The fourth-order valence-corrected chi connectivity index (χ4v) is 3.03. The Morgan fingerprint density at radius 1 is 1.14 bits per heavy atom. The van der Waals surface area contributed by atoms with E-state index in [1.54, 1.807) is 35.6 Å². The molecule has 0 unspecified atom stereocenters. The van der Waals surface area contributed by atoms with Gasteiger partial charge in [0.15, 0.2) is 0 Å². The number of thiazole rings is 1. The van der Waals surface area contributed by atoms with Gasteiger partial charge in [-0.3, -0.25) is 0 Å². The number of rotatable bonds is 2. The lowest BCUT2D eigenvalue weighted by Gasteiger charge is -2.07. The van der Waals surface area contributed by atoms with Crippen LogP contribution in [0.15, 0.2) is 42.5 Å². The van der Waals surface area contributed by atoms with Gasteiger partial charge in [-0.25, -0.2) is 9.78 Å². The van der Waals surface area contributed by atoms with Crippen molar-refractivity contribution in [2.75, 3.05) is 10.6 Å². The lowest BCUT2D eigenvalue weighted by molar-refractivity contribution is 0.262. The Hall–Kier alpha value is -2.11. The van der Waals surface area contributed by atoms with Crippen LogP contribution in [-0.2, 0) is 0 Å². The average Bonchev–Trinajstić information content (AvgIpc) is 2.78. The van der Waals surface area contributed by atoms with E-state index < -0.39 is 0 Å². The Bertz CT molecular complexity index is 816. The molecule has 1 heterocycles. The molecule has 0 aliphatic rings. The van der Waals surface area contributed by atoms with Crippen LogP contribution in [0.3, 0.4) is 0 Å². The topological polar surface area (TPSA) is 54.0 Å². The number of nitrogens with one attached hydrogen (secondary N) is 2. The minimum atomic E-state index is -0.308. The SMILES string of the molecule is Cc1nc2ccc(NC(=O)Nc3cccc(Cl)c3)cc2s1. The van der Waals surface area contributed by atoms with Gasteiger partial charge < -0.3 is 10.6 Å². The number of nitrogens with zero attached hydrogens (tertiary/aromatic N) is 1. The second-order valence-electron chi connectivity index (χ2n) is 4.50. The predicted octanol–water partition coefficient (Wildman–Crippen LogP) is 4.90. The molecular weight excluding hydrogens is 306 g/mol. The van der Waals surface area contributed by atoms with E-state index in [1.807, 2.05) is 25.1 Å². The first-order valence-electron chi connectivity index (χ1n) is 6.31. The van der Waals surface area contributed by atoms with Gasteiger partial charge in [0.05, 0.1) is 15.2 Å². The lowest BCUT2D eigenvalue weighted by Crippen LogP contribution is -2.19. The summed E-state index contributed by atoms with van der Waals surface area (Å²) < 4.78 is 1.05. The van der Waals surface area contributed by atoms with E-state index in [2.05, 4.69) is 15.6 Å². The Kier molecular flexibility index (Phi) is 3.77. The molecule has 0 spiro atoms. The zero-order chi connectivity index (χ0) is 14.8. The summed E-state index contributed by atoms with van der Waals surface area (Å²) in [4.78, 5) is 16.3. The van der Waals surface area contributed by atoms with Crippen molar-refractivity contribution in [1.29, 1.82) is 0 Å². The molecule has 2 aromatic carbocycles. The molecule has 21 heavy (non-hydrogen) atoms. The number of benzene rings is 2. The van der Waals surface area contributed by atoms with E-state index in [4.69, 9.17) is 11.6 Å². The molecule has 0 aliphatic heterocycles. The number of halogens is 1. The molecule has 2 amide bonds. The maximum atomic E-state index is 12.0. The highest BCUT2D eigenvalue weighted by molar-refractivity contribution is 7.18. The molecular formula is C15H12ClN3OS. The third kappa shape index (κ3) is 3.32. The van der Waals surface area contributed by atoms with Crippen molar-refractivity contribution in [2.45, 2.75) is 6.92 Å². The Morgan fingerprint density at radius 2 is 1.90 bits per heavy atom. The van der Waals surface area contributed by atoms with Crippen LogP contribution in [0.1, 0.15) is 5.01 Å². The van der Waals surface area contributed by atoms with Crippen LogP contribution in [0.5, 0.6) is 0 Å². The Balaban J connectivity index is 1.73. The average molecular weight is 318 g/mol. The van der Waals surface area contributed by atoms with Gasteiger partial charge >= 0.3 is 6.03 Å². The monoisotopic (exact) mass is 317 g/mol. The molecule has 2 N–H and O–H groups in total. The van der Waals surface area contributed by atoms with Gasteiger partial charge in [-0.2, -0.15) is 0 Å². The second kappa shape index (κ2) is 5.71. The number of carbonyl (C=O) groups is 1. The van der Waals surface area contributed by atoms with Gasteiger partial charge in [0, 0.05) is 16.4 Å². The Morgan fingerprint density at radius 3 is 2.67 bits per heavy atom. The number of hydrogen-bond acceptors (Lipinski definition) is 3. The number of urea groups is 1. The fraction of sp³-hybridized carbons (Fsp3) is 0.0667. The smallest absolute Gasteiger partial charge is 0.308 e. The van der Waals surface area contributed by atoms with Crippen molar-refractivity contribution in [3.05, 3.63) is 52.5 Å². The maximum Gasteiger partial charge on any atom is 0.323 e. The molecule has 0 radical (unpaired) electrons. The number of amides is 2. The van der Waals surface area contributed by atoms with Crippen LogP contribution in [0.25, 0.3) is 10.2 Å². The molecule has 0 saturated heterocycles. The van der Waals surface area contributed by atoms with E-state index in [0.717, 1.165) is 20.9 Å². The van der Waals surface area contributed by atoms with Crippen molar-refractivity contribution in [2.24, 2.45) is 0 Å². The van der Waals surface area contributed by atoms with Crippen LogP contribution in [-0.4, -0.2) is 11.0 Å².